The van der Waals surface area contributed by atoms with Crippen molar-refractivity contribution in [3.63, 3.8) is 0 Å². The van der Waals surface area contributed by atoms with Crippen LogP contribution >= 0.6 is 0 Å². The minimum absolute atomic E-state index is 0.0747. The fourth-order valence-corrected chi connectivity index (χ4v) is 5.30. The van der Waals surface area contributed by atoms with Gasteiger partial charge in [0.05, 0.1) is 12.6 Å². The van der Waals surface area contributed by atoms with Gasteiger partial charge in [0.1, 0.15) is 6.61 Å². The van der Waals surface area contributed by atoms with Crippen LogP contribution in [0.4, 0.5) is 4.79 Å². The second kappa shape index (κ2) is 9.31. The summed E-state index contributed by atoms with van der Waals surface area (Å²) >= 11 is 0. The Morgan fingerprint density at radius 2 is 1.74 bits per heavy atom. The van der Waals surface area contributed by atoms with Gasteiger partial charge in [-0.1, -0.05) is 48.5 Å². The average Bonchev–Trinajstić information content (AvgIpc) is 3.60. The monoisotopic (exact) mass is 480 g/mol. The lowest BCUT2D eigenvalue weighted by Crippen LogP contribution is -2.60. The average molecular weight is 481 g/mol. The summed E-state index contributed by atoms with van der Waals surface area (Å²) in [7, 11) is 1.44. The molecule has 1 aliphatic carbocycles. The molecule has 184 valence electrons. The van der Waals surface area contributed by atoms with Crippen molar-refractivity contribution in [2.45, 2.75) is 36.4 Å². The van der Waals surface area contributed by atoms with Crippen LogP contribution in [-0.2, 0) is 23.8 Å². The highest BCUT2D eigenvalue weighted by Crippen LogP contribution is 2.44. The molecule has 0 saturated carbocycles. The van der Waals surface area contributed by atoms with E-state index in [0.29, 0.717) is 6.42 Å². The van der Waals surface area contributed by atoms with Gasteiger partial charge in [-0.2, -0.15) is 0 Å². The molecule has 0 bridgehead atoms. The predicted molar refractivity (Wildman–Crippen MR) is 125 cm³/mol. The van der Waals surface area contributed by atoms with Crippen LogP contribution < -0.4 is 5.32 Å². The van der Waals surface area contributed by atoms with Gasteiger partial charge in [-0.25, -0.2) is 9.59 Å². The second-order valence-electron chi connectivity index (χ2n) is 9.19. The zero-order chi connectivity index (χ0) is 24.6. The zero-order valence-corrected chi connectivity index (χ0v) is 19.4. The summed E-state index contributed by atoms with van der Waals surface area (Å²) in [5.74, 6) is -1.70. The molecule has 0 aromatic heterocycles. The molecule has 2 aromatic rings. The molecule has 2 fully saturated rings. The molecule has 3 aliphatic rings. The van der Waals surface area contributed by atoms with Gasteiger partial charge in [0.25, 0.3) is 5.91 Å². The third-order valence-corrected chi connectivity index (χ3v) is 7.35. The second-order valence-corrected chi connectivity index (χ2v) is 9.19. The number of alkyl carbamates (subject to hydrolysis) is 1. The van der Waals surface area contributed by atoms with Gasteiger partial charge in [0.15, 0.2) is 11.6 Å². The van der Waals surface area contributed by atoms with Gasteiger partial charge in [0, 0.05) is 32.6 Å². The van der Waals surface area contributed by atoms with Crippen LogP contribution in [-0.4, -0.2) is 79.1 Å². The third kappa shape index (κ3) is 4.04. The highest BCUT2D eigenvalue weighted by molar-refractivity contribution is 5.90. The number of aliphatic carboxylic acids is 1. The highest BCUT2D eigenvalue weighted by atomic mass is 16.6. The Hall–Kier alpha value is -3.43. The third-order valence-electron chi connectivity index (χ3n) is 7.35. The molecule has 9 heteroatoms. The van der Waals surface area contributed by atoms with Crippen molar-refractivity contribution in [2.24, 2.45) is 0 Å². The van der Waals surface area contributed by atoms with Crippen molar-refractivity contribution >= 4 is 18.0 Å². The Bertz CT molecular complexity index is 1100. The van der Waals surface area contributed by atoms with Gasteiger partial charge in [-0.3, -0.25) is 4.79 Å². The van der Waals surface area contributed by atoms with E-state index in [1.54, 1.807) is 0 Å². The fourth-order valence-electron chi connectivity index (χ4n) is 5.30. The minimum Gasteiger partial charge on any atom is -0.479 e. The van der Waals surface area contributed by atoms with E-state index in [9.17, 15) is 19.5 Å². The zero-order valence-electron chi connectivity index (χ0n) is 19.4. The predicted octanol–water partition coefficient (Wildman–Crippen LogP) is 2.38. The number of amides is 2. The lowest BCUT2D eigenvalue weighted by atomic mass is 9.95. The molecule has 2 aliphatic heterocycles. The van der Waals surface area contributed by atoms with Crippen molar-refractivity contribution in [2.75, 3.05) is 33.5 Å². The summed E-state index contributed by atoms with van der Waals surface area (Å²) in [4.78, 5) is 39.0. The number of ether oxygens (including phenoxy) is 3. The maximum Gasteiger partial charge on any atom is 0.407 e. The molecule has 3 atom stereocenters. The Morgan fingerprint density at radius 1 is 1.09 bits per heavy atom. The summed E-state index contributed by atoms with van der Waals surface area (Å²) in [6.07, 6.45) is -1.01. The largest absolute Gasteiger partial charge is 0.479 e. The Balaban J connectivity index is 1.23. The molecule has 35 heavy (non-hydrogen) atoms. The van der Waals surface area contributed by atoms with Gasteiger partial charge in [0.2, 0.25) is 0 Å². The highest BCUT2D eigenvalue weighted by Gasteiger charge is 2.51. The number of carboxylic acids is 1. The van der Waals surface area contributed by atoms with Crippen molar-refractivity contribution in [1.29, 1.82) is 0 Å². The van der Waals surface area contributed by atoms with E-state index in [1.807, 2.05) is 36.4 Å². The van der Waals surface area contributed by atoms with Crippen LogP contribution in [0.25, 0.3) is 11.1 Å². The molecule has 2 aromatic carbocycles. The van der Waals surface area contributed by atoms with E-state index in [4.69, 9.17) is 14.2 Å². The first-order valence-electron chi connectivity index (χ1n) is 11.7. The van der Waals surface area contributed by atoms with Crippen LogP contribution in [0.5, 0.6) is 0 Å². The summed E-state index contributed by atoms with van der Waals surface area (Å²) in [5, 5.41) is 12.5. The van der Waals surface area contributed by atoms with Gasteiger partial charge < -0.3 is 29.5 Å². The molecule has 0 radical (unpaired) electrons. The number of carbonyl (C=O) groups excluding carboxylic acids is 2. The smallest absolute Gasteiger partial charge is 0.407 e. The van der Waals surface area contributed by atoms with Crippen molar-refractivity contribution in [1.82, 2.24) is 10.2 Å². The van der Waals surface area contributed by atoms with Crippen molar-refractivity contribution in [3.05, 3.63) is 59.7 Å². The van der Waals surface area contributed by atoms with Crippen molar-refractivity contribution < 1.29 is 33.7 Å². The van der Waals surface area contributed by atoms with Gasteiger partial charge in [-0.15, -0.1) is 0 Å². The Morgan fingerprint density at radius 3 is 2.34 bits per heavy atom. The molecule has 1 unspecified atom stereocenters. The van der Waals surface area contributed by atoms with Crippen LogP contribution in [0.3, 0.4) is 0 Å². The normalized spacial score (nSPS) is 25.1. The van der Waals surface area contributed by atoms with E-state index in [2.05, 4.69) is 17.4 Å². The molecular weight excluding hydrogens is 452 g/mol. The summed E-state index contributed by atoms with van der Waals surface area (Å²) < 4.78 is 16.5. The van der Waals surface area contributed by atoms with E-state index < -0.39 is 35.7 Å². The number of fused-ring (bicyclic) bond motifs is 3. The molecule has 2 N–H and O–H groups in total. The van der Waals surface area contributed by atoms with Crippen LogP contribution in [0.1, 0.15) is 29.9 Å². The number of hydrogen-bond donors (Lipinski definition) is 2. The van der Waals surface area contributed by atoms with Crippen LogP contribution in [0.15, 0.2) is 48.5 Å². The number of carboxylic acid groups (broad SMARTS) is 1. The number of hydrogen-bond acceptors (Lipinski definition) is 6. The van der Waals surface area contributed by atoms with E-state index in [1.165, 1.54) is 11.9 Å². The topological polar surface area (TPSA) is 114 Å². The van der Waals surface area contributed by atoms with E-state index in [0.717, 1.165) is 22.3 Å². The molecule has 5 rings (SSSR count). The number of nitrogens with one attached hydrogen (secondary N) is 1. The van der Waals surface area contributed by atoms with E-state index in [-0.39, 0.29) is 38.8 Å². The number of benzene rings is 2. The Labute approximate surface area is 203 Å². The van der Waals surface area contributed by atoms with Crippen molar-refractivity contribution in [3.8, 4) is 11.1 Å². The number of nitrogens with zero attached hydrogens (tertiary/aromatic N) is 1. The first kappa shape index (κ1) is 23.3. The molecule has 9 nitrogen and oxygen atoms in total. The molecule has 0 spiro atoms. The molecule has 2 amide bonds. The molecule has 2 saturated heterocycles. The first-order chi connectivity index (χ1) is 16.9. The first-order valence-corrected chi connectivity index (χ1v) is 11.7. The molecule has 2 heterocycles. The van der Waals surface area contributed by atoms with E-state index >= 15 is 0 Å². The lowest BCUT2D eigenvalue weighted by Gasteiger charge is -2.35. The lowest BCUT2D eigenvalue weighted by molar-refractivity contribution is -0.162. The summed E-state index contributed by atoms with van der Waals surface area (Å²) in [6, 6.07) is 15.5. The Kier molecular flexibility index (Phi) is 6.21. The summed E-state index contributed by atoms with van der Waals surface area (Å²) in [5.41, 5.74) is 3.06. The van der Waals surface area contributed by atoms with Gasteiger partial charge in [-0.05, 0) is 28.7 Å². The maximum atomic E-state index is 13.2. The number of carbonyl (C=O) groups is 3. The van der Waals surface area contributed by atoms with Crippen LogP contribution in [0.2, 0.25) is 0 Å². The summed E-state index contributed by atoms with van der Waals surface area (Å²) in [6.45, 7) is 0.610. The fraction of sp³-hybridized carbons (Fsp3) is 0.423. The number of rotatable bonds is 6. The SMILES string of the molecule is CN(C(=O)[C@H]1OCC[C@H]1NC(=O)OCC1c2ccccc2-c2ccccc21)C1(C(=O)O)CCOC1. The minimum atomic E-state index is -1.43. The maximum absolute atomic E-state index is 13.2. The molecular formula is C26H28N2O7. The van der Waals surface area contributed by atoms with Gasteiger partial charge >= 0.3 is 12.1 Å². The van der Waals surface area contributed by atoms with Crippen LogP contribution in [0, 0.1) is 0 Å². The number of likely N-dealkylation sites (N-methyl/N-ethyl adjacent to an activating group) is 1. The quantitative estimate of drug-likeness (QED) is 0.653. The standard InChI is InChI=1S/C26H28N2O7/c1-28(26(24(30)31)11-13-33-15-26)23(29)22-21(10-12-34-22)27-25(32)35-14-20-18-8-4-2-6-16(18)17-7-3-5-9-19(17)20/h2-9,20-22H,10-15H2,1H3,(H,27,32)(H,30,31)/t21-,22+,26?/m1/s1.